The molecule has 0 fully saturated rings. The molecule has 3 aromatic carbocycles. The highest BCUT2D eigenvalue weighted by molar-refractivity contribution is 5.96. The van der Waals surface area contributed by atoms with Crippen molar-refractivity contribution in [2.45, 2.75) is 39.3 Å². The van der Waals surface area contributed by atoms with Crippen LogP contribution in [-0.4, -0.2) is 12.5 Å². The summed E-state index contributed by atoms with van der Waals surface area (Å²) < 4.78 is 5.67. The monoisotopic (exact) mass is 402 g/mol. The van der Waals surface area contributed by atoms with Gasteiger partial charge in [-0.1, -0.05) is 79.2 Å². The Labute approximate surface area is 179 Å². The van der Waals surface area contributed by atoms with Gasteiger partial charge in [0.25, 0.3) is 0 Å². The smallest absolute Gasteiger partial charge is 0.246 e. The molecule has 3 aromatic rings. The first-order valence-corrected chi connectivity index (χ1v) is 10.5. The van der Waals surface area contributed by atoms with Gasteiger partial charge in [-0.15, -0.1) is 0 Å². The van der Waals surface area contributed by atoms with Crippen molar-refractivity contribution in [3.8, 4) is 5.75 Å². The van der Waals surface area contributed by atoms with Crippen molar-refractivity contribution in [1.82, 2.24) is 5.32 Å². The number of hydrogen-bond donors (Lipinski definition) is 2. The van der Waals surface area contributed by atoms with Crippen LogP contribution in [0, 0.1) is 6.92 Å². The predicted octanol–water partition coefficient (Wildman–Crippen LogP) is 5.81. The lowest BCUT2D eigenvalue weighted by Gasteiger charge is -2.26. The van der Waals surface area contributed by atoms with Crippen LogP contribution < -0.4 is 15.4 Å². The van der Waals surface area contributed by atoms with Gasteiger partial charge in [-0.25, -0.2) is 0 Å². The Kier molecular flexibility index (Phi) is 7.63. The van der Waals surface area contributed by atoms with Crippen molar-refractivity contribution >= 4 is 11.6 Å². The van der Waals surface area contributed by atoms with E-state index >= 15 is 0 Å². The normalized spacial score (nSPS) is 12.8. The van der Waals surface area contributed by atoms with Gasteiger partial charge in [-0.2, -0.15) is 0 Å². The van der Waals surface area contributed by atoms with E-state index in [1.54, 1.807) is 0 Å². The number of ether oxygens (including phenoxy) is 1. The molecule has 0 saturated heterocycles. The maximum Gasteiger partial charge on any atom is 0.246 e. The van der Waals surface area contributed by atoms with Gasteiger partial charge in [0.15, 0.2) is 0 Å². The van der Waals surface area contributed by atoms with E-state index in [0.29, 0.717) is 18.0 Å². The zero-order chi connectivity index (χ0) is 21.3. The van der Waals surface area contributed by atoms with Crippen molar-refractivity contribution in [2.24, 2.45) is 0 Å². The molecule has 3 rings (SSSR count). The highest BCUT2D eigenvalue weighted by Gasteiger charge is 2.25. The zero-order valence-electron chi connectivity index (χ0n) is 17.9. The van der Waals surface area contributed by atoms with Gasteiger partial charge in [-0.3, -0.25) is 10.1 Å². The van der Waals surface area contributed by atoms with Crippen molar-refractivity contribution in [2.75, 3.05) is 11.9 Å². The number of hydrogen-bond acceptors (Lipinski definition) is 3. The van der Waals surface area contributed by atoms with Crippen LogP contribution >= 0.6 is 0 Å². The number of carbonyl (C=O) groups excluding carboxylic acids is 1. The number of anilines is 1. The number of carbonyl (C=O) groups is 1. The minimum Gasteiger partial charge on any atom is -0.492 e. The molecule has 2 atom stereocenters. The van der Waals surface area contributed by atoms with Gasteiger partial charge in [0.1, 0.15) is 11.8 Å². The van der Waals surface area contributed by atoms with Crippen molar-refractivity contribution in [3.63, 3.8) is 0 Å². The molecule has 0 aliphatic rings. The van der Waals surface area contributed by atoms with Crippen LogP contribution in [0.5, 0.6) is 5.75 Å². The van der Waals surface area contributed by atoms with E-state index in [4.69, 9.17) is 4.74 Å². The lowest BCUT2D eigenvalue weighted by molar-refractivity contribution is -0.118. The van der Waals surface area contributed by atoms with Crippen LogP contribution in [0.4, 0.5) is 5.69 Å². The number of para-hydroxylation sites is 2. The zero-order valence-corrected chi connectivity index (χ0v) is 17.9. The van der Waals surface area contributed by atoms with Crippen molar-refractivity contribution in [1.29, 1.82) is 0 Å². The third-order valence-electron chi connectivity index (χ3n) is 5.10. The molecular formula is C26H30N2O2. The van der Waals surface area contributed by atoms with Crippen LogP contribution in [0.2, 0.25) is 0 Å². The van der Waals surface area contributed by atoms with Gasteiger partial charge in [0.2, 0.25) is 5.91 Å². The van der Waals surface area contributed by atoms with Crippen LogP contribution in [0.1, 0.15) is 49.0 Å². The average molecular weight is 403 g/mol. The van der Waals surface area contributed by atoms with E-state index in [1.165, 1.54) is 11.1 Å². The van der Waals surface area contributed by atoms with Gasteiger partial charge < -0.3 is 10.1 Å². The van der Waals surface area contributed by atoms with E-state index in [0.717, 1.165) is 12.0 Å². The summed E-state index contributed by atoms with van der Waals surface area (Å²) in [4.78, 5) is 13.4. The Morgan fingerprint density at radius 3 is 2.20 bits per heavy atom. The van der Waals surface area contributed by atoms with Crippen molar-refractivity contribution < 1.29 is 9.53 Å². The molecule has 0 radical (unpaired) electrons. The second-order valence-corrected chi connectivity index (χ2v) is 7.30. The van der Waals surface area contributed by atoms with Crippen molar-refractivity contribution in [3.05, 3.63) is 95.6 Å². The molecule has 1 amide bonds. The number of rotatable bonds is 9. The second kappa shape index (κ2) is 10.6. The summed E-state index contributed by atoms with van der Waals surface area (Å²) in [6.07, 6.45) is 0.870. The van der Waals surface area contributed by atoms with Crippen LogP contribution in [0.25, 0.3) is 0 Å². The third kappa shape index (κ3) is 5.49. The molecule has 4 nitrogen and oxygen atoms in total. The number of benzene rings is 3. The Balaban J connectivity index is 1.87. The summed E-state index contributed by atoms with van der Waals surface area (Å²) in [6, 6.07) is 25.4. The average Bonchev–Trinajstić information content (AvgIpc) is 2.77. The molecule has 0 spiro atoms. The quantitative estimate of drug-likeness (QED) is 0.474. The van der Waals surface area contributed by atoms with Gasteiger partial charge in [-0.05, 0) is 43.5 Å². The Hall–Kier alpha value is -3.11. The Bertz CT molecular complexity index is 939. The highest BCUT2D eigenvalue weighted by atomic mass is 16.5. The lowest BCUT2D eigenvalue weighted by Crippen LogP contribution is -2.35. The predicted molar refractivity (Wildman–Crippen MR) is 123 cm³/mol. The van der Waals surface area contributed by atoms with Crippen LogP contribution in [0.15, 0.2) is 78.9 Å². The first-order chi connectivity index (χ1) is 14.6. The molecule has 156 valence electrons. The standard InChI is InChI=1S/C26H30N2O2/c1-4-22(20-17-15-19(3)16-18-20)27-25(21-11-7-6-8-12-21)26(29)28-23-13-9-10-14-24(23)30-5-2/h6-18,22,25,27H,4-5H2,1-3H3,(H,28,29)/t22-,25-/m0/s1. The highest BCUT2D eigenvalue weighted by Crippen LogP contribution is 2.27. The molecule has 30 heavy (non-hydrogen) atoms. The van der Waals surface area contributed by atoms with Gasteiger partial charge in [0, 0.05) is 6.04 Å². The molecule has 0 unspecified atom stereocenters. The first-order valence-electron chi connectivity index (χ1n) is 10.5. The van der Waals surface area contributed by atoms with E-state index in [-0.39, 0.29) is 11.9 Å². The van der Waals surface area contributed by atoms with Gasteiger partial charge >= 0.3 is 0 Å². The Morgan fingerprint density at radius 1 is 0.867 bits per heavy atom. The molecule has 0 saturated carbocycles. The molecule has 2 N–H and O–H groups in total. The molecule has 4 heteroatoms. The second-order valence-electron chi connectivity index (χ2n) is 7.30. The summed E-state index contributed by atoms with van der Waals surface area (Å²) in [6.45, 7) is 6.68. The number of amides is 1. The maximum absolute atomic E-state index is 13.4. The molecule has 0 aliphatic carbocycles. The largest absolute Gasteiger partial charge is 0.492 e. The van der Waals surface area contributed by atoms with Crippen LogP contribution in [-0.2, 0) is 4.79 Å². The minimum atomic E-state index is -0.493. The fraction of sp³-hybridized carbons (Fsp3) is 0.269. The molecule has 0 heterocycles. The topological polar surface area (TPSA) is 50.4 Å². The fourth-order valence-corrected chi connectivity index (χ4v) is 3.47. The van der Waals surface area contributed by atoms with E-state index in [1.807, 2.05) is 61.5 Å². The summed E-state index contributed by atoms with van der Waals surface area (Å²) in [7, 11) is 0. The number of nitrogens with one attached hydrogen (secondary N) is 2. The minimum absolute atomic E-state index is 0.0590. The SMILES string of the molecule is CCOc1ccccc1NC(=O)[C@@H](N[C@@H](CC)c1ccc(C)cc1)c1ccccc1. The van der Waals surface area contributed by atoms with E-state index in [2.05, 4.69) is 48.7 Å². The van der Waals surface area contributed by atoms with Crippen LogP contribution in [0.3, 0.4) is 0 Å². The molecular weight excluding hydrogens is 372 g/mol. The molecule has 0 aromatic heterocycles. The summed E-state index contributed by atoms with van der Waals surface area (Å²) in [5.74, 6) is 0.560. The molecule has 0 bridgehead atoms. The first kappa shape index (κ1) is 21.6. The number of aryl methyl sites for hydroxylation is 1. The maximum atomic E-state index is 13.4. The Morgan fingerprint density at radius 2 is 1.53 bits per heavy atom. The fourth-order valence-electron chi connectivity index (χ4n) is 3.47. The molecule has 0 aliphatic heterocycles. The van der Waals surface area contributed by atoms with E-state index in [9.17, 15) is 4.79 Å². The summed E-state index contributed by atoms with van der Waals surface area (Å²) >= 11 is 0. The third-order valence-corrected chi connectivity index (χ3v) is 5.10. The lowest BCUT2D eigenvalue weighted by atomic mass is 9.99. The van der Waals surface area contributed by atoms with Gasteiger partial charge in [0.05, 0.1) is 12.3 Å². The summed E-state index contributed by atoms with van der Waals surface area (Å²) in [5.41, 5.74) is 4.00. The summed E-state index contributed by atoms with van der Waals surface area (Å²) in [5, 5.41) is 6.63. The van der Waals surface area contributed by atoms with E-state index < -0.39 is 6.04 Å².